The topological polar surface area (TPSA) is 55.6 Å². The number of aryl methyl sites for hydroxylation is 1. The molecule has 0 saturated carbocycles. The van der Waals surface area contributed by atoms with Crippen LogP contribution in [0.5, 0.6) is 0 Å². The van der Waals surface area contributed by atoms with E-state index in [0.717, 1.165) is 33.1 Å². The van der Waals surface area contributed by atoms with Crippen molar-refractivity contribution < 1.29 is 0 Å². The van der Waals surface area contributed by atoms with Crippen LogP contribution >= 0.6 is 23.4 Å². The lowest BCUT2D eigenvalue weighted by molar-refractivity contribution is 0.876. The third-order valence-corrected chi connectivity index (χ3v) is 5.19. The van der Waals surface area contributed by atoms with Crippen LogP contribution in [0.1, 0.15) is 11.1 Å². The van der Waals surface area contributed by atoms with Crippen molar-refractivity contribution in [3.05, 3.63) is 70.9 Å². The first kappa shape index (κ1) is 17.8. The Morgan fingerprint density at radius 2 is 1.85 bits per heavy atom. The molecule has 0 unspecified atom stereocenters. The van der Waals surface area contributed by atoms with Crippen LogP contribution in [0.2, 0.25) is 5.02 Å². The molecule has 1 N–H and O–H groups in total. The minimum absolute atomic E-state index is 0.579. The summed E-state index contributed by atoms with van der Waals surface area (Å²) in [4.78, 5) is 9.30. The van der Waals surface area contributed by atoms with E-state index in [1.54, 1.807) is 6.20 Å². The summed E-state index contributed by atoms with van der Waals surface area (Å²) in [7, 11) is 0. The average Bonchev–Trinajstić information content (AvgIpc) is 3.11. The molecule has 0 spiro atoms. The second kappa shape index (κ2) is 7.58. The fourth-order valence-electron chi connectivity index (χ4n) is 2.81. The second-order valence-electron chi connectivity index (χ2n) is 6.13. The quantitative estimate of drug-likeness (QED) is 0.376. The monoisotopic (exact) mass is 395 g/mol. The number of hydrogen-bond donors (Lipinski definition) is 1. The summed E-state index contributed by atoms with van der Waals surface area (Å²) in [5.41, 5.74) is 3.97. The minimum atomic E-state index is 0.579. The average molecular weight is 396 g/mol. The zero-order valence-electron chi connectivity index (χ0n) is 15.0. The Labute approximate surface area is 166 Å². The number of rotatable bonds is 5. The van der Waals surface area contributed by atoms with Crippen LogP contribution in [0.15, 0.2) is 59.9 Å². The van der Waals surface area contributed by atoms with E-state index in [1.807, 2.05) is 47.3 Å². The maximum atomic E-state index is 6.27. The van der Waals surface area contributed by atoms with Gasteiger partial charge in [-0.3, -0.25) is 0 Å². The predicted octanol–water partition coefficient (Wildman–Crippen LogP) is 5.11. The molecule has 0 aliphatic rings. The molecule has 0 saturated heterocycles. The van der Waals surface area contributed by atoms with Gasteiger partial charge in [0.15, 0.2) is 10.8 Å². The number of aromatic nitrogens is 4. The maximum Gasteiger partial charge on any atom is 0.191 e. The van der Waals surface area contributed by atoms with E-state index in [9.17, 15) is 0 Å². The normalized spacial score (nSPS) is 11.1. The zero-order chi connectivity index (χ0) is 18.8. The standard InChI is InChI=1S/C20H18ClN5S/c1-13-7-9-15(10-8-13)26-19-16(12-23-26)18(24-20(25-19)27-2)22-11-14-5-3-4-6-17(14)21/h3-10,12H,11H2,1-2H3,(H,22,24,25). The smallest absolute Gasteiger partial charge is 0.191 e. The molecular weight excluding hydrogens is 378 g/mol. The van der Waals surface area contributed by atoms with Gasteiger partial charge >= 0.3 is 0 Å². The first-order valence-corrected chi connectivity index (χ1v) is 10.1. The predicted molar refractivity (Wildman–Crippen MR) is 112 cm³/mol. The highest BCUT2D eigenvalue weighted by atomic mass is 35.5. The number of fused-ring (bicyclic) bond motifs is 1. The Balaban J connectivity index is 1.74. The van der Waals surface area contributed by atoms with E-state index in [4.69, 9.17) is 11.6 Å². The van der Waals surface area contributed by atoms with Gasteiger partial charge in [-0.1, -0.05) is 59.3 Å². The minimum Gasteiger partial charge on any atom is -0.365 e. The lowest BCUT2D eigenvalue weighted by Crippen LogP contribution is -2.05. The van der Waals surface area contributed by atoms with Crippen LogP contribution in [0.25, 0.3) is 16.7 Å². The fourth-order valence-corrected chi connectivity index (χ4v) is 3.37. The van der Waals surface area contributed by atoms with Crippen molar-refractivity contribution in [1.29, 1.82) is 0 Å². The van der Waals surface area contributed by atoms with Crippen LogP contribution in [0.4, 0.5) is 5.82 Å². The van der Waals surface area contributed by atoms with Gasteiger partial charge in [-0.2, -0.15) is 5.10 Å². The van der Waals surface area contributed by atoms with Gasteiger partial charge in [-0.25, -0.2) is 14.6 Å². The number of nitrogens with one attached hydrogen (secondary N) is 1. The van der Waals surface area contributed by atoms with E-state index < -0.39 is 0 Å². The number of halogens is 1. The summed E-state index contributed by atoms with van der Waals surface area (Å²) in [6.07, 6.45) is 3.76. The fraction of sp³-hybridized carbons (Fsp3) is 0.150. The summed E-state index contributed by atoms with van der Waals surface area (Å²) >= 11 is 7.77. The van der Waals surface area contributed by atoms with Crippen molar-refractivity contribution >= 4 is 40.2 Å². The number of benzene rings is 2. The van der Waals surface area contributed by atoms with E-state index in [0.29, 0.717) is 11.7 Å². The van der Waals surface area contributed by atoms with E-state index in [1.165, 1.54) is 17.3 Å². The van der Waals surface area contributed by atoms with Crippen LogP contribution in [0, 0.1) is 6.92 Å². The van der Waals surface area contributed by atoms with E-state index >= 15 is 0 Å². The zero-order valence-corrected chi connectivity index (χ0v) is 16.6. The lowest BCUT2D eigenvalue weighted by Gasteiger charge is -2.10. The molecule has 27 heavy (non-hydrogen) atoms. The van der Waals surface area contributed by atoms with Crippen molar-refractivity contribution in [2.75, 3.05) is 11.6 Å². The summed E-state index contributed by atoms with van der Waals surface area (Å²) in [6.45, 7) is 2.64. The molecule has 7 heteroatoms. The molecule has 0 aliphatic heterocycles. The van der Waals surface area contributed by atoms with Crippen molar-refractivity contribution in [3.63, 3.8) is 0 Å². The highest BCUT2D eigenvalue weighted by molar-refractivity contribution is 7.98. The van der Waals surface area contributed by atoms with Gasteiger partial charge in [0.2, 0.25) is 0 Å². The first-order valence-electron chi connectivity index (χ1n) is 8.50. The molecule has 2 aromatic heterocycles. The van der Waals surface area contributed by atoms with Gasteiger partial charge in [-0.15, -0.1) is 0 Å². The van der Waals surface area contributed by atoms with Gasteiger partial charge in [0.1, 0.15) is 5.82 Å². The molecule has 2 heterocycles. The molecule has 0 aliphatic carbocycles. The molecule has 2 aromatic carbocycles. The maximum absolute atomic E-state index is 6.27. The molecule has 0 bridgehead atoms. The number of thioether (sulfide) groups is 1. The Morgan fingerprint density at radius 1 is 1.07 bits per heavy atom. The summed E-state index contributed by atoms with van der Waals surface area (Å²) < 4.78 is 1.84. The first-order chi connectivity index (χ1) is 13.2. The number of hydrogen-bond acceptors (Lipinski definition) is 5. The Kier molecular flexibility index (Phi) is 5.01. The van der Waals surface area contributed by atoms with Crippen molar-refractivity contribution in [1.82, 2.24) is 19.7 Å². The van der Waals surface area contributed by atoms with E-state index in [-0.39, 0.29) is 0 Å². The number of anilines is 1. The Bertz CT molecular complexity index is 1090. The SMILES string of the molecule is CSc1nc(NCc2ccccc2Cl)c2cnn(-c3ccc(C)cc3)c2n1. The molecule has 0 atom stereocenters. The molecule has 4 aromatic rings. The summed E-state index contributed by atoms with van der Waals surface area (Å²) in [5.74, 6) is 0.752. The molecule has 0 amide bonds. The number of nitrogens with zero attached hydrogens (tertiary/aromatic N) is 4. The van der Waals surface area contributed by atoms with Gasteiger partial charge in [-0.05, 0) is 36.9 Å². The van der Waals surface area contributed by atoms with E-state index in [2.05, 4.69) is 39.4 Å². The largest absolute Gasteiger partial charge is 0.365 e. The lowest BCUT2D eigenvalue weighted by atomic mass is 10.2. The third-order valence-electron chi connectivity index (χ3n) is 4.27. The van der Waals surface area contributed by atoms with Crippen LogP contribution in [-0.2, 0) is 6.54 Å². The van der Waals surface area contributed by atoms with Crippen LogP contribution in [0.3, 0.4) is 0 Å². The van der Waals surface area contributed by atoms with Crippen LogP contribution in [-0.4, -0.2) is 26.0 Å². The Morgan fingerprint density at radius 3 is 2.59 bits per heavy atom. The van der Waals surface area contributed by atoms with Gasteiger partial charge in [0.25, 0.3) is 0 Å². The molecule has 4 rings (SSSR count). The van der Waals surface area contributed by atoms with Gasteiger partial charge in [0, 0.05) is 11.6 Å². The highest BCUT2D eigenvalue weighted by Crippen LogP contribution is 2.26. The summed E-state index contributed by atoms with van der Waals surface area (Å²) in [5, 5.41) is 10.2. The van der Waals surface area contributed by atoms with Crippen molar-refractivity contribution in [3.8, 4) is 5.69 Å². The highest BCUT2D eigenvalue weighted by Gasteiger charge is 2.14. The van der Waals surface area contributed by atoms with Crippen molar-refractivity contribution in [2.45, 2.75) is 18.6 Å². The molecule has 136 valence electrons. The van der Waals surface area contributed by atoms with Gasteiger partial charge < -0.3 is 5.32 Å². The molecule has 0 fully saturated rings. The molecular formula is C20H18ClN5S. The Hall–Kier alpha value is -2.57. The molecule has 5 nitrogen and oxygen atoms in total. The second-order valence-corrected chi connectivity index (χ2v) is 7.31. The van der Waals surface area contributed by atoms with Gasteiger partial charge in [0.05, 0.1) is 17.3 Å². The molecule has 0 radical (unpaired) electrons. The summed E-state index contributed by atoms with van der Waals surface area (Å²) in [6, 6.07) is 16.0. The third kappa shape index (κ3) is 3.63. The van der Waals surface area contributed by atoms with Crippen molar-refractivity contribution in [2.24, 2.45) is 0 Å². The van der Waals surface area contributed by atoms with Crippen LogP contribution < -0.4 is 5.32 Å².